The lowest BCUT2D eigenvalue weighted by molar-refractivity contribution is 0.988. The summed E-state index contributed by atoms with van der Waals surface area (Å²) in [5, 5.41) is 7.79. The van der Waals surface area contributed by atoms with Crippen LogP contribution < -0.4 is 0 Å². The SMILES string of the molecule is C1=Cc2cccc(-c3c4ccccc4c(-c4ccc(-c5ccc6ccccc6c5)cc4)c4ccccc34)c2CC1.CC. The Kier molecular flexibility index (Phi) is 6.90. The maximum absolute atomic E-state index is 2.32. The van der Waals surface area contributed by atoms with Crippen LogP contribution in [0.5, 0.6) is 0 Å². The first-order valence-corrected chi connectivity index (χ1v) is 15.2. The van der Waals surface area contributed by atoms with Gasteiger partial charge in [0.25, 0.3) is 0 Å². The van der Waals surface area contributed by atoms with Crippen molar-refractivity contribution in [2.45, 2.75) is 26.7 Å². The highest BCUT2D eigenvalue weighted by Crippen LogP contribution is 2.45. The fraction of sp³-hybridized carbons (Fsp3) is 0.0952. The van der Waals surface area contributed by atoms with E-state index in [1.54, 1.807) is 0 Å². The van der Waals surface area contributed by atoms with Crippen LogP contribution in [-0.4, -0.2) is 0 Å². The molecule has 0 N–H and O–H groups in total. The van der Waals surface area contributed by atoms with Crippen LogP contribution in [0.25, 0.3) is 71.8 Å². The first kappa shape index (κ1) is 26.0. The number of benzene rings is 7. The van der Waals surface area contributed by atoms with Crippen LogP contribution >= 0.6 is 0 Å². The second-order valence-electron chi connectivity index (χ2n) is 10.8. The summed E-state index contributed by atoms with van der Waals surface area (Å²) in [6.07, 6.45) is 6.77. The molecule has 0 aliphatic heterocycles. The third-order valence-electron chi connectivity index (χ3n) is 8.53. The van der Waals surface area contributed by atoms with Crippen LogP contribution in [-0.2, 0) is 6.42 Å². The lowest BCUT2D eigenvalue weighted by Gasteiger charge is -2.21. The molecular formula is C42H34. The van der Waals surface area contributed by atoms with Gasteiger partial charge in [0.15, 0.2) is 0 Å². The second-order valence-corrected chi connectivity index (χ2v) is 10.8. The van der Waals surface area contributed by atoms with E-state index in [-0.39, 0.29) is 0 Å². The summed E-state index contributed by atoms with van der Waals surface area (Å²) >= 11 is 0. The highest BCUT2D eigenvalue weighted by Gasteiger charge is 2.19. The highest BCUT2D eigenvalue weighted by molar-refractivity contribution is 6.21. The molecule has 0 heterocycles. The molecule has 1 aliphatic carbocycles. The zero-order chi connectivity index (χ0) is 28.5. The molecule has 7 aromatic rings. The zero-order valence-corrected chi connectivity index (χ0v) is 24.3. The molecule has 1 aliphatic rings. The molecule has 0 heteroatoms. The maximum atomic E-state index is 2.32. The minimum absolute atomic E-state index is 1.09. The van der Waals surface area contributed by atoms with Gasteiger partial charge in [-0.15, -0.1) is 0 Å². The summed E-state index contributed by atoms with van der Waals surface area (Å²) in [5.41, 5.74) is 10.6. The minimum atomic E-state index is 1.09. The molecule has 0 radical (unpaired) electrons. The van der Waals surface area contributed by atoms with Crippen LogP contribution in [0, 0.1) is 0 Å². The van der Waals surface area contributed by atoms with Crippen molar-refractivity contribution in [3.8, 4) is 33.4 Å². The van der Waals surface area contributed by atoms with Gasteiger partial charge in [-0.3, -0.25) is 0 Å². The normalized spacial score (nSPS) is 12.2. The lowest BCUT2D eigenvalue weighted by atomic mass is 9.82. The Balaban J connectivity index is 0.00000141. The number of allylic oxidation sites excluding steroid dienone is 1. The summed E-state index contributed by atoms with van der Waals surface area (Å²) in [6.45, 7) is 4.00. The van der Waals surface area contributed by atoms with Crippen molar-refractivity contribution in [3.63, 3.8) is 0 Å². The van der Waals surface area contributed by atoms with Crippen molar-refractivity contribution in [2.24, 2.45) is 0 Å². The Morgan fingerprint density at radius 2 is 1.02 bits per heavy atom. The van der Waals surface area contributed by atoms with E-state index in [1.807, 2.05) is 13.8 Å². The smallest absolute Gasteiger partial charge is 0.00234 e. The van der Waals surface area contributed by atoms with Gasteiger partial charge in [0.1, 0.15) is 0 Å². The van der Waals surface area contributed by atoms with Crippen LogP contribution in [0.15, 0.2) is 140 Å². The molecule has 0 bridgehead atoms. The predicted octanol–water partition coefficient (Wildman–Crippen LogP) is 12.1. The predicted molar refractivity (Wildman–Crippen MR) is 184 cm³/mol. The van der Waals surface area contributed by atoms with E-state index in [0.717, 1.165) is 12.8 Å². The molecule has 0 saturated carbocycles. The van der Waals surface area contributed by atoms with Gasteiger partial charge in [-0.05, 0) is 95.7 Å². The Bertz CT molecular complexity index is 2030. The van der Waals surface area contributed by atoms with Gasteiger partial charge in [-0.1, -0.05) is 153 Å². The average Bonchev–Trinajstić information content (AvgIpc) is 3.08. The molecule has 0 saturated heterocycles. The number of rotatable bonds is 3. The fourth-order valence-electron chi connectivity index (χ4n) is 6.64. The molecule has 0 spiro atoms. The van der Waals surface area contributed by atoms with E-state index >= 15 is 0 Å². The summed E-state index contributed by atoms with van der Waals surface area (Å²) in [4.78, 5) is 0. The molecule has 7 aromatic carbocycles. The standard InChI is InChI=1S/C40H28.C2H6/c1-2-12-31-26-32(25-22-27(31)10-1)28-20-23-30(24-21-28)39-35-15-5-7-17-37(35)40(38-18-8-6-16-36(38)39)34-19-9-13-29-11-3-4-14-33(29)34;1-2/h1-3,5-13,15-26H,4,14H2;1-2H3. The Morgan fingerprint density at radius 3 is 1.71 bits per heavy atom. The number of hydrogen-bond donors (Lipinski definition) is 0. The Labute approximate surface area is 248 Å². The third kappa shape index (κ3) is 4.41. The summed E-state index contributed by atoms with van der Waals surface area (Å²) in [7, 11) is 0. The molecule has 0 atom stereocenters. The Hall–Kier alpha value is -4.94. The van der Waals surface area contributed by atoms with Crippen molar-refractivity contribution < 1.29 is 0 Å². The van der Waals surface area contributed by atoms with Gasteiger partial charge in [0.2, 0.25) is 0 Å². The summed E-state index contributed by atoms with van der Waals surface area (Å²) in [6, 6.07) is 49.2. The first-order valence-electron chi connectivity index (χ1n) is 15.2. The van der Waals surface area contributed by atoms with E-state index < -0.39 is 0 Å². The minimum Gasteiger partial charge on any atom is -0.0836 e. The third-order valence-corrected chi connectivity index (χ3v) is 8.53. The van der Waals surface area contributed by atoms with Gasteiger partial charge in [-0.25, -0.2) is 0 Å². The molecule has 0 fully saturated rings. The molecule has 0 amide bonds. The molecule has 202 valence electrons. The van der Waals surface area contributed by atoms with Crippen LogP contribution in [0.3, 0.4) is 0 Å². The molecule has 0 unspecified atom stereocenters. The quantitative estimate of drug-likeness (QED) is 0.196. The van der Waals surface area contributed by atoms with Gasteiger partial charge in [0, 0.05) is 0 Å². The number of hydrogen-bond acceptors (Lipinski definition) is 0. The van der Waals surface area contributed by atoms with Crippen LogP contribution in [0.2, 0.25) is 0 Å². The highest BCUT2D eigenvalue weighted by atomic mass is 14.2. The summed E-state index contributed by atoms with van der Waals surface area (Å²) in [5.74, 6) is 0. The topological polar surface area (TPSA) is 0 Å². The van der Waals surface area contributed by atoms with Crippen molar-refractivity contribution in [3.05, 3.63) is 151 Å². The molecule has 8 rings (SSSR count). The van der Waals surface area contributed by atoms with Crippen LogP contribution in [0.1, 0.15) is 31.4 Å². The van der Waals surface area contributed by atoms with E-state index in [9.17, 15) is 0 Å². The van der Waals surface area contributed by atoms with Crippen LogP contribution in [0.4, 0.5) is 0 Å². The Morgan fingerprint density at radius 1 is 0.452 bits per heavy atom. The summed E-state index contributed by atoms with van der Waals surface area (Å²) < 4.78 is 0. The van der Waals surface area contributed by atoms with E-state index in [0.29, 0.717) is 0 Å². The lowest BCUT2D eigenvalue weighted by Crippen LogP contribution is -1.99. The van der Waals surface area contributed by atoms with Crippen molar-refractivity contribution in [1.82, 2.24) is 0 Å². The first-order chi connectivity index (χ1) is 20.8. The van der Waals surface area contributed by atoms with Crippen molar-refractivity contribution >= 4 is 38.4 Å². The second kappa shape index (κ2) is 11.1. The molecule has 42 heavy (non-hydrogen) atoms. The van der Waals surface area contributed by atoms with E-state index in [4.69, 9.17) is 0 Å². The van der Waals surface area contributed by atoms with Crippen molar-refractivity contribution in [1.29, 1.82) is 0 Å². The monoisotopic (exact) mass is 538 g/mol. The molecular weight excluding hydrogens is 504 g/mol. The molecule has 0 nitrogen and oxygen atoms in total. The van der Waals surface area contributed by atoms with E-state index in [2.05, 4.69) is 146 Å². The van der Waals surface area contributed by atoms with Gasteiger partial charge in [-0.2, -0.15) is 0 Å². The molecule has 0 aromatic heterocycles. The van der Waals surface area contributed by atoms with Gasteiger partial charge in [0.05, 0.1) is 0 Å². The van der Waals surface area contributed by atoms with E-state index in [1.165, 1.54) is 76.8 Å². The zero-order valence-electron chi connectivity index (χ0n) is 24.3. The van der Waals surface area contributed by atoms with Crippen molar-refractivity contribution in [2.75, 3.05) is 0 Å². The number of fused-ring (bicyclic) bond motifs is 4. The van der Waals surface area contributed by atoms with Gasteiger partial charge < -0.3 is 0 Å². The largest absolute Gasteiger partial charge is 0.0836 e. The fourth-order valence-corrected chi connectivity index (χ4v) is 6.64. The average molecular weight is 539 g/mol. The maximum Gasteiger partial charge on any atom is -0.00234 e. The van der Waals surface area contributed by atoms with Gasteiger partial charge >= 0.3 is 0 Å².